The standard InChI is InChI=1S/C15H17ClN2O2/c1-10(12-5-3-4-6-13(12)16)17-9-11-7-8-14(18-11)15(19)20-2/h3-8,10,17-18H,9H2,1-2H3/t10-/m1/s1. The number of aromatic amines is 1. The van der Waals surface area contributed by atoms with E-state index >= 15 is 0 Å². The van der Waals surface area contributed by atoms with Crippen molar-refractivity contribution in [1.82, 2.24) is 10.3 Å². The second kappa shape index (κ2) is 6.59. The van der Waals surface area contributed by atoms with E-state index in [1.807, 2.05) is 37.3 Å². The van der Waals surface area contributed by atoms with Gasteiger partial charge in [0.15, 0.2) is 0 Å². The number of esters is 1. The third-order valence-electron chi connectivity index (χ3n) is 3.12. The molecular formula is C15H17ClN2O2. The fraction of sp³-hybridized carbons (Fsp3) is 0.267. The largest absolute Gasteiger partial charge is 0.464 e. The van der Waals surface area contributed by atoms with Crippen molar-refractivity contribution in [1.29, 1.82) is 0 Å². The van der Waals surface area contributed by atoms with E-state index in [4.69, 9.17) is 11.6 Å². The van der Waals surface area contributed by atoms with Gasteiger partial charge in [0.2, 0.25) is 0 Å². The van der Waals surface area contributed by atoms with Crippen molar-refractivity contribution in [2.24, 2.45) is 0 Å². The van der Waals surface area contributed by atoms with Crippen LogP contribution in [0.2, 0.25) is 5.02 Å². The van der Waals surface area contributed by atoms with Gasteiger partial charge >= 0.3 is 5.97 Å². The zero-order chi connectivity index (χ0) is 14.5. The van der Waals surface area contributed by atoms with Gasteiger partial charge in [-0.2, -0.15) is 0 Å². The van der Waals surface area contributed by atoms with Crippen LogP contribution in [0.15, 0.2) is 36.4 Å². The Hall–Kier alpha value is -1.78. The van der Waals surface area contributed by atoms with Crippen molar-refractivity contribution >= 4 is 17.6 Å². The van der Waals surface area contributed by atoms with Gasteiger partial charge in [-0.15, -0.1) is 0 Å². The summed E-state index contributed by atoms with van der Waals surface area (Å²) in [6, 6.07) is 11.4. The minimum absolute atomic E-state index is 0.119. The fourth-order valence-electron chi connectivity index (χ4n) is 1.97. The number of hydrogen-bond donors (Lipinski definition) is 2. The molecule has 0 fully saturated rings. The first kappa shape index (κ1) is 14.6. The minimum atomic E-state index is -0.365. The zero-order valence-electron chi connectivity index (χ0n) is 11.4. The molecule has 106 valence electrons. The molecule has 1 heterocycles. The maximum Gasteiger partial charge on any atom is 0.354 e. The molecule has 2 aromatic rings. The van der Waals surface area contributed by atoms with E-state index in [1.54, 1.807) is 6.07 Å². The van der Waals surface area contributed by atoms with Gasteiger partial charge in [-0.25, -0.2) is 4.79 Å². The summed E-state index contributed by atoms with van der Waals surface area (Å²) in [6.07, 6.45) is 0. The lowest BCUT2D eigenvalue weighted by Gasteiger charge is -2.15. The van der Waals surface area contributed by atoms with Gasteiger partial charge in [-0.3, -0.25) is 0 Å². The molecule has 0 saturated carbocycles. The Morgan fingerprint density at radius 3 is 2.80 bits per heavy atom. The first-order valence-corrected chi connectivity index (χ1v) is 6.73. The summed E-state index contributed by atoms with van der Waals surface area (Å²) in [6.45, 7) is 2.66. The van der Waals surface area contributed by atoms with E-state index in [0.29, 0.717) is 12.2 Å². The van der Waals surface area contributed by atoms with Gasteiger partial charge in [-0.05, 0) is 30.7 Å². The van der Waals surface area contributed by atoms with Gasteiger partial charge in [0.25, 0.3) is 0 Å². The Balaban J connectivity index is 1.97. The van der Waals surface area contributed by atoms with E-state index in [1.165, 1.54) is 7.11 Å². The highest BCUT2D eigenvalue weighted by Crippen LogP contribution is 2.22. The van der Waals surface area contributed by atoms with Crippen LogP contribution in [0.5, 0.6) is 0 Å². The summed E-state index contributed by atoms with van der Waals surface area (Å²) in [5.74, 6) is -0.365. The SMILES string of the molecule is COC(=O)c1ccc(CN[C@H](C)c2ccccc2Cl)[nH]1. The molecule has 2 rings (SSSR count). The van der Waals surface area contributed by atoms with Crippen molar-refractivity contribution in [3.63, 3.8) is 0 Å². The molecule has 0 aliphatic carbocycles. The van der Waals surface area contributed by atoms with E-state index in [9.17, 15) is 4.79 Å². The molecule has 0 spiro atoms. The third-order valence-corrected chi connectivity index (χ3v) is 3.47. The number of carbonyl (C=O) groups excluding carboxylic acids is 1. The molecule has 4 nitrogen and oxygen atoms in total. The zero-order valence-corrected chi connectivity index (χ0v) is 12.2. The molecule has 5 heteroatoms. The molecule has 0 aliphatic rings. The summed E-state index contributed by atoms with van der Waals surface area (Å²) < 4.78 is 4.65. The Labute approximate surface area is 123 Å². The Morgan fingerprint density at radius 1 is 1.35 bits per heavy atom. The smallest absolute Gasteiger partial charge is 0.354 e. The lowest BCUT2D eigenvalue weighted by atomic mass is 10.1. The molecule has 0 amide bonds. The quantitative estimate of drug-likeness (QED) is 0.831. The van der Waals surface area contributed by atoms with E-state index in [2.05, 4.69) is 15.0 Å². The number of rotatable bonds is 5. The normalized spacial score (nSPS) is 12.2. The summed E-state index contributed by atoms with van der Waals surface area (Å²) in [4.78, 5) is 14.4. The highest BCUT2D eigenvalue weighted by Gasteiger charge is 2.11. The lowest BCUT2D eigenvalue weighted by molar-refractivity contribution is 0.0594. The molecule has 0 saturated heterocycles. The third kappa shape index (κ3) is 3.40. The number of aromatic nitrogens is 1. The van der Waals surface area contributed by atoms with Gasteiger partial charge in [0.05, 0.1) is 7.11 Å². The Kier molecular flexibility index (Phi) is 4.82. The fourth-order valence-corrected chi connectivity index (χ4v) is 2.27. The molecular weight excluding hydrogens is 276 g/mol. The van der Waals surface area contributed by atoms with Crippen LogP contribution >= 0.6 is 11.6 Å². The number of carbonyl (C=O) groups is 1. The van der Waals surface area contributed by atoms with Crippen molar-refractivity contribution < 1.29 is 9.53 Å². The van der Waals surface area contributed by atoms with Crippen LogP contribution in [-0.2, 0) is 11.3 Å². The predicted octanol–water partition coefficient (Wildman–Crippen LogP) is 3.31. The van der Waals surface area contributed by atoms with E-state index < -0.39 is 0 Å². The number of benzene rings is 1. The second-order valence-corrected chi connectivity index (χ2v) is 4.92. The van der Waals surface area contributed by atoms with Gasteiger partial charge in [0.1, 0.15) is 5.69 Å². The monoisotopic (exact) mass is 292 g/mol. The van der Waals surface area contributed by atoms with Crippen molar-refractivity contribution in [3.05, 3.63) is 58.4 Å². The molecule has 0 bridgehead atoms. The van der Waals surface area contributed by atoms with E-state index in [-0.39, 0.29) is 12.0 Å². The molecule has 20 heavy (non-hydrogen) atoms. The second-order valence-electron chi connectivity index (χ2n) is 4.51. The van der Waals surface area contributed by atoms with Crippen LogP contribution in [0.4, 0.5) is 0 Å². The highest BCUT2D eigenvalue weighted by atomic mass is 35.5. The summed E-state index contributed by atoms with van der Waals surface area (Å²) in [7, 11) is 1.36. The number of halogens is 1. The summed E-state index contributed by atoms with van der Waals surface area (Å²) >= 11 is 6.16. The number of nitrogens with one attached hydrogen (secondary N) is 2. The molecule has 1 atom stereocenters. The Bertz CT molecular complexity index is 595. The van der Waals surface area contributed by atoms with Crippen molar-refractivity contribution in [2.75, 3.05) is 7.11 Å². The minimum Gasteiger partial charge on any atom is -0.464 e. The molecule has 0 radical (unpaired) electrons. The van der Waals surface area contributed by atoms with E-state index in [0.717, 1.165) is 16.3 Å². The van der Waals surface area contributed by atoms with Crippen LogP contribution in [0.3, 0.4) is 0 Å². The van der Waals surface area contributed by atoms with Crippen LogP contribution in [0.1, 0.15) is 34.7 Å². The number of methoxy groups -OCH3 is 1. The van der Waals surface area contributed by atoms with Crippen LogP contribution < -0.4 is 5.32 Å². The summed E-state index contributed by atoms with van der Waals surface area (Å²) in [5, 5.41) is 4.10. The lowest BCUT2D eigenvalue weighted by Crippen LogP contribution is -2.18. The maximum atomic E-state index is 11.3. The Morgan fingerprint density at radius 2 is 2.10 bits per heavy atom. The molecule has 0 aliphatic heterocycles. The van der Waals surface area contributed by atoms with Gasteiger partial charge in [-0.1, -0.05) is 29.8 Å². The first-order valence-electron chi connectivity index (χ1n) is 6.36. The van der Waals surface area contributed by atoms with Crippen LogP contribution in [-0.4, -0.2) is 18.1 Å². The predicted molar refractivity (Wildman–Crippen MR) is 78.8 cm³/mol. The molecule has 2 N–H and O–H groups in total. The average molecular weight is 293 g/mol. The number of H-pyrrole nitrogens is 1. The van der Waals surface area contributed by atoms with Gasteiger partial charge < -0.3 is 15.0 Å². The molecule has 1 aromatic heterocycles. The average Bonchev–Trinajstić information content (AvgIpc) is 2.93. The molecule has 1 aromatic carbocycles. The van der Waals surface area contributed by atoms with Crippen LogP contribution in [0.25, 0.3) is 0 Å². The highest BCUT2D eigenvalue weighted by molar-refractivity contribution is 6.31. The summed E-state index contributed by atoms with van der Waals surface area (Å²) in [5.41, 5.74) is 2.42. The van der Waals surface area contributed by atoms with Gasteiger partial charge in [0, 0.05) is 23.3 Å². The molecule has 0 unspecified atom stereocenters. The maximum absolute atomic E-state index is 11.3. The topological polar surface area (TPSA) is 54.1 Å². The van der Waals surface area contributed by atoms with Crippen molar-refractivity contribution in [2.45, 2.75) is 19.5 Å². The van der Waals surface area contributed by atoms with Crippen LogP contribution in [0, 0.1) is 0 Å². The number of hydrogen-bond acceptors (Lipinski definition) is 3. The van der Waals surface area contributed by atoms with Crippen molar-refractivity contribution in [3.8, 4) is 0 Å². The number of ether oxygens (including phenoxy) is 1. The first-order chi connectivity index (χ1) is 9.61.